The predicted molar refractivity (Wildman–Crippen MR) is 80.2 cm³/mol. The van der Waals surface area contributed by atoms with Crippen molar-refractivity contribution in [3.8, 4) is 0 Å². The van der Waals surface area contributed by atoms with Crippen LogP contribution in [-0.4, -0.2) is 50.1 Å². The Morgan fingerprint density at radius 2 is 2.11 bits per heavy atom. The minimum atomic E-state index is 0.219. The molecule has 112 valence electrons. The first-order chi connectivity index (χ1) is 9.13. The van der Waals surface area contributed by atoms with Crippen LogP contribution < -0.4 is 10.6 Å². The van der Waals surface area contributed by atoms with E-state index in [9.17, 15) is 4.79 Å². The fourth-order valence-electron chi connectivity index (χ4n) is 2.50. The number of hydrogen-bond donors (Lipinski definition) is 2. The van der Waals surface area contributed by atoms with Crippen LogP contribution in [0.4, 0.5) is 0 Å². The number of piperidine rings is 1. The monoisotopic (exact) mass is 269 g/mol. The highest BCUT2D eigenvalue weighted by Crippen LogP contribution is 2.17. The SMILES string of the molecule is CCC(C)N(C)CCNC(=O)CCC1CCNCC1. The number of likely N-dealkylation sites (N-methyl/N-ethyl adjacent to an activating group) is 1. The first kappa shape index (κ1) is 16.4. The van der Waals surface area contributed by atoms with Crippen molar-refractivity contribution in [2.45, 2.75) is 52.0 Å². The molecule has 1 rings (SSSR count). The molecule has 0 aliphatic carbocycles. The highest BCUT2D eigenvalue weighted by molar-refractivity contribution is 5.75. The van der Waals surface area contributed by atoms with Crippen molar-refractivity contribution in [2.24, 2.45) is 5.92 Å². The number of amides is 1. The van der Waals surface area contributed by atoms with Gasteiger partial charge in [0.1, 0.15) is 0 Å². The van der Waals surface area contributed by atoms with Gasteiger partial charge in [-0.3, -0.25) is 4.79 Å². The van der Waals surface area contributed by atoms with Gasteiger partial charge < -0.3 is 15.5 Å². The van der Waals surface area contributed by atoms with Gasteiger partial charge in [-0.15, -0.1) is 0 Å². The van der Waals surface area contributed by atoms with Crippen molar-refractivity contribution in [2.75, 3.05) is 33.2 Å². The minimum Gasteiger partial charge on any atom is -0.355 e. The van der Waals surface area contributed by atoms with Crippen LogP contribution >= 0.6 is 0 Å². The Labute approximate surface area is 118 Å². The lowest BCUT2D eigenvalue weighted by molar-refractivity contribution is -0.121. The highest BCUT2D eigenvalue weighted by atomic mass is 16.1. The normalized spacial score (nSPS) is 18.5. The largest absolute Gasteiger partial charge is 0.355 e. The van der Waals surface area contributed by atoms with Gasteiger partial charge in [0.2, 0.25) is 5.91 Å². The summed E-state index contributed by atoms with van der Waals surface area (Å²) in [5.41, 5.74) is 0. The van der Waals surface area contributed by atoms with Crippen LogP contribution in [0.2, 0.25) is 0 Å². The molecule has 1 saturated heterocycles. The van der Waals surface area contributed by atoms with E-state index in [0.29, 0.717) is 12.5 Å². The van der Waals surface area contributed by atoms with E-state index in [1.807, 2.05) is 0 Å². The maximum atomic E-state index is 11.8. The number of carbonyl (C=O) groups excluding carboxylic acids is 1. The van der Waals surface area contributed by atoms with Crippen LogP contribution in [0.3, 0.4) is 0 Å². The molecule has 2 N–H and O–H groups in total. The molecule has 1 unspecified atom stereocenters. The summed E-state index contributed by atoms with van der Waals surface area (Å²) in [6.07, 6.45) is 5.35. The molecule has 4 heteroatoms. The smallest absolute Gasteiger partial charge is 0.220 e. The van der Waals surface area contributed by atoms with E-state index < -0.39 is 0 Å². The second kappa shape index (κ2) is 9.32. The summed E-state index contributed by atoms with van der Waals surface area (Å²) in [7, 11) is 2.12. The van der Waals surface area contributed by atoms with Gasteiger partial charge in [0.05, 0.1) is 0 Å². The zero-order chi connectivity index (χ0) is 14.1. The Morgan fingerprint density at radius 1 is 1.42 bits per heavy atom. The molecule has 4 nitrogen and oxygen atoms in total. The maximum Gasteiger partial charge on any atom is 0.220 e. The number of carbonyl (C=O) groups is 1. The second-order valence-electron chi connectivity index (χ2n) is 5.82. The zero-order valence-electron chi connectivity index (χ0n) is 12.9. The molecule has 1 heterocycles. The summed E-state index contributed by atoms with van der Waals surface area (Å²) >= 11 is 0. The van der Waals surface area contributed by atoms with Crippen molar-refractivity contribution in [1.82, 2.24) is 15.5 Å². The van der Waals surface area contributed by atoms with E-state index >= 15 is 0 Å². The quantitative estimate of drug-likeness (QED) is 0.704. The van der Waals surface area contributed by atoms with Crippen LogP contribution in [0.1, 0.15) is 46.0 Å². The van der Waals surface area contributed by atoms with E-state index in [1.54, 1.807) is 0 Å². The van der Waals surface area contributed by atoms with Gasteiger partial charge in [-0.05, 0) is 58.7 Å². The lowest BCUT2D eigenvalue weighted by Crippen LogP contribution is -2.37. The molecule has 1 amide bonds. The summed E-state index contributed by atoms with van der Waals surface area (Å²) in [5.74, 6) is 0.964. The Morgan fingerprint density at radius 3 is 2.74 bits per heavy atom. The van der Waals surface area contributed by atoms with Gasteiger partial charge >= 0.3 is 0 Å². The predicted octanol–water partition coefficient (Wildman–Crippen LogP) is 1.61. The fourth-order valence-corrected chi connectivity index (χ4v) is 2.50. The molecule has 1 aliphatic heterocycles. The lowest BCUT2D eigenvalue weighted by Gasteiger charge is -2.24. The molecule has 0 aromatic rings. The molecular weight excluding hydrogens is 238 g/mol. The van der Waals surface area contributed by atoms with E-state index in [-0.39, 0.29) is 5.91 Å². The first-order valence-corrected chi connectivity index (χ1v) is 7.81. The third-order valence-corrected chi connectivity index (χ3v) is 4.37. The Balaban J connectivity index is 2.04. The van der Waals surface area contributed by atoms with Gasteiger partial charge in [-0.2, -0.15) is 0 Å². The van der Waals surface area contributed by atoms with Gasteiger partial charge in [0.25, 0.3) is 0 Å². The third-order valence-electron chi connectivity index (χ3n) is 4.37. The van der Waals surface area contributed by atoms with Crippen molar-refractivity contribution in [3.63, 3.8) is 0 Å². The molecule has 1 atom stereocenters. The molecule has 0 radical (unpaired) electrons. The van der Waals surface area contributed by atoms with E-state index in [0.717, 1.165) is 44.9 Å². The molecular formula is C15H31N3O. The van der Waals surface area contributed by atoms with Gasteiger partial charge in [-0.1, -0.05) is 6.92 Å². The molecule has 0 bridgehead atoms. The highest BCUT2D eigenvalue weighted by Gasteiger charge is 2.14. The van der Waals surface area contributed by atoms with Crippen molar-refractivity contribution in [3.05, 3.63) is 0 Å². The number of rotatable bonds is 8. The van der Waals surface area contributed by atoms with Gasteiger partial charge in [0, 0.05) is 25.6 Å². The summed E-state index contributed by atoms with van der Waals surface area (Å²) in [4.78, 5) is 14.1. The van der Waals surface area contributed by atoms with Crippen LogP contribution in [0.5, 0.6) is 0 Å². The van der Waals surface area contributed by atoms with E-state index in [4.69, 9.17) is 0 Å². The lowest BCUT2D eigenvalue weighted by atomic mass is 9.93. The van der Waals surface area contributed by atoms with Crippen molar-refractivity contribution >= 4 is 5.91 Å². The number of hydrogen-bond acceptors (Lipinski definition) is 3. The average molecular weight is 269 g/mol. The summed E-state index contributed by atoms with van der Waals surface area (Å²) in [6, 6.07) is 0.589. The van der Waals surface area contributed by atoms with Gasteiger partial charge in [-0.25, -0.2) is 0 Å². The summed E-state index contributed by atoms with van der Waals surface area (Å²) < 4.78 is 0. The first-order valence-electron chi connectivity index (χ1n) is 7.81. The van der Waals surface area contributed by atoms with E-state index in [1.165, 1.54) is 12.8 Å². The molecule has 0 spiro atoms. The summed E-state index contributed by atoms with van der Waals surface area (Å²) in [6.45, 7) is 8.36. The van der Waals surface area contributed by atoms with Crippen molar-refractivity contribution in [1.29, 1.82) is 0 Å². The molecule has 0 aromatic carbocycles. The van der Waals surface area contributed by atoms with Crippen LogP contribution in [-0.2, 0) is 4.79 Å². The number of nitrogens with zero attached hydrogens (tertiary/aromatic N) is 1. The zero-order valence-corrected chi connectivity index (χ0v) is 12.9. The average Bonchev–Trinajstić information content (AvgIpc) is 2.45. The van der Waals surface area contributed by atoms with Crippen molar-refractivity contribution < 1.29 is 4.79 Å². The summed E-state index contributed by atoms with van der Waals surface area (Å²) in [5, 5.41) is 6.39. The number of nitrogens with one attached hydrogen (secondary N) is 2. The molecule has 1 aliphatic rings. The molecule has 19 heavy (non-hydrogen) atoms. The van der Waals surface area contributed by atoms with Gasteiger partial charge in [0.15, 0.2) is 0 Å². The molecule has 0 saturated carbocycles. The Bertz CT molecular complexity index is 252. The maximum absolute atomic E-state index is 11.8. The standard InChI is InChI=1S/C15H31N3O/c1-4-13(2)18(3)12-11-17-15(19)6-5-14-7-9-16-10-8-14/h13-14,16H,4-12H2,1-3H3,(H,17,19). The van der Waals surface area contributed by atoms with Crippen LogP contribution in [0.15, 0.2) is 0 Å². The second-order valence-corrected chi connectivity index (χ2v) is 5.82. The Hall–Kier alpha value is -0.610. The fraction of sp³-hybridized carbons (Fsp3) is 0.933. The molecule has 0 aromatic heterocycles. The minimum absolute atomic E-state index is 0.219. The third kappa shape index (κ3) is 6.92. The molecule has 1 fully saturated rings. The Kier molecular flexibility index (Phi) is 8.07. The van der Waals surface area contributed by atoms with Crippen LogP contribution in [0.25, 0.3) is 0 Å². The topological polar surface area (TPSA) is 44.4 Å². The van der Waals surface area contributed by atoms with E-state index in [2.05, 4.69) is 36.4 Å². The van der Waals surface area contributed by atoms with Crippen LogP contribution in [0, 0.1) is 5.92 Å².